The van der Waals surface area contributed by atoms with Crippen LogP contribution in [0.3, 0.4) is 0 Å². The lowest BCUT2D eigenvalue weighted by Gasteiger charge is -2.34. The fourth-order valence-corrected chi connectivity index (χ4v) is 3.71. The number of nitrogens with zero attached hydrogens (tertiary/aromatic N) is 2. The van der Waals surface area contributed by atoms with Gasteiger partial charge >= 0.3 is 5.97 Å². The van der Waals surface area contributed by atoms with Gasteiger partial charge in [0.15, 0.2) is 0 Å². The van der Waals surface area contributed by atoms with Crippen LogP contribution in [0.5, 0.6) is 5.75 Å². The van der Waals surface area contributed by atoms with Gasteiger partial charge in [0.25, 0.3) is 5.91 Å². The smallest absolute Gasteiger partial charge is 0.310 e. The Bertz CT molecular complexity index is 711. The Morgan fingerprint density at radius 1 is 1.26 bits per heavy atom. The molecule has 0 N–H and O–H groups in total. The minimum absolute atomic E-state index is 0. The fourth-order valence-electron chi connectivity index (χ4n) is 3.71. The largest absolute Gasteiger partial charge is 0.495 e. The second-order valence-electron chi connectivity index (χ2n) is 6.55. The highest BCUT2D eigenvalue weighted by atomic mass is 35.5. The third-order valence-electron chi connectivity index (χ3n) is 4.96. The molecule has 2 heterocycles. The molecule has 2 unspecified atom stereocenters. The Hall–Kier alpha value is -2.12. The second-order valence-corrected chi connectivity index (χ2v) is 6.55. The number of esters is 1. The number of para-hydroxylation sites is 2. The number of hydrogen-bond acceptors (Lipinski definition) is 6. The number of carbonyl (C=O) groups excluding carboxylic acids is 3. The van der Waals surface area contributed by atoms with Crippen LogP contribution in [0.15, 0.2) is 24.3 Å². The molecule has 0 bridgehead atoms. The van der Waals surface area contributed by atoms with E-state index in [0.717, 1.165) is 12.8 Å². The summed E-state index contributed by atoms with van der Waals surface area (Å²) >= 11 is 0. The van der Waals surface area contributed by atoms with Gasteiger partial charge in [0.2, 0.25) is 5.91 Å². The average Bonchev–Trinajstić information content (AvgIpc) is 2.96. The molecule has 0 saturated carbocycles. The third-order valence-corrected chi connectivity index (χ3v) is 4.96. The van der Waals surface area contributed by atoms with Crippen LogP contribution in [0.1, 0.15) is 26.2 Å². The van der Waals surface area contributed by atoms with E-state index in [2.05, 4.69) is 0 Å². The van der Waals surface area contributed by atoms with Crippen molar-refractivity contribution in [1.29, 1.82) is 0 Å². The summed E-state index contributed by atoms with van der Waals surface area (Å²) in [6.07, 6.45) is 1.67. The predicted molar refractivity (Wildman–Crippen MR) is 102 cm³/mol. The van der Waals surface area contributed by atoms with Gasteiger partial charge in [-0.1, -0.05) is 12.1 Å². The van der Waals surface area contributed by atoms with E-state index in [1.807, 2.05) is 4.90 Å². The number of amides is 2. The Balaban J connectivity index is 0.00000261. The number of halogens is 1. The van der Waals surface area contributed by atoms with Gasteiger partial charge in [-0.05, 0) is 38.4 Å². The molecule has 0 spiro atoms. The van der Waals surface area contributed by atoms with Crippen LogP contribution in [0.4, 0.5) is 5.69 Å². The Morgan fingerprint density at radius 2 is 2.00 bits per heavy atom. The van der Waals surface area contributed by atoms with Crippen molar-refractivity contribution in [3.8, 4) is 5.75 Å². The predicted octanol–water partition coefficient (Wildman–Crippen LogP) is 2.02. The summed E-state index contributed by atoms with van der Waals surface area (Å²) in [5, 5.41) is 0. The number of hydrogen-bond donors (Lipinski definition) is 0. The Morgan fingerprint density at radius 3 is 2.70 bits per heavy atom. The molecule has 148 valence electrons. The summed E-state index contributed by atoms with van der Waals surface area (Å²) < 4.78 is 10.4. The number of rotatable bonds is 5. The van der Waals surface area contributed by atoms with Crippen molar-refractivity contribution in [2.45, 2.75) is 32.2 Å². The van der Waals surface area contributed by atoms with Crippen molar-refractivity contribution in [1.82, 2.24) is 4.90 Å². The number of ether oxygens (including phenoxy) is 2. The zero-order chi connectivity index (χ0) is 18.7. The van der Waals surface area contributed by atoms with Crippen LogP contribution < -0.4 is 9.64 Å². The lowest BCUT2D eigenvalue weighted by Crippen LogP contribution is -2.48. The summed E-state index contributed by atoms with van der Waals surface area (Å²) in [6.45, 7) is 3.27. The first-order valence-electron chi connectivity index (χ1n) is 8.97. The molecule has 2 saturated heterocycles. The van der Waals surface area contributed by atoms with Gasteiger partial charge < -0.3 is 9.47 Å². The lowest BCUT2D eigenvalue weighted by atomic mass is 9.96. The molecule has 7 nitrogen and oxygen atoms in total. The minimum atomic E-state index is -0.537. The molecule has 1 aromatic carbocycles. The van der Waals surface area contributed by atoms with Crippen LogP contribution >= 0.6 is 12.4 Å². The molecule has 2 aliphatic heterocycles. The highest BCUT2D eigenvalue weighted by Gasteiger charge is 2.45. The maximum Gasteiger partial charge on any atom is 0.310 e. The first kappa shape index (κ1) is 21.2. The zero-order valence-corrected chi connectivity index (χ0v) is 16.4. The van der Waals surface area contributed by atoms with Crippen molar-refractivity contribution in [3.63, 3.8) is 0 Å². The molecule has 0 aliphatic carbocycles. The maximum atomic E-state index is 13.0. The normalized spacial score (nSPS) is 23.1. The number of likely N-dealkylation sites (tertiary alicyclic amines) is 1. The van der Waals surface area contributed by atoms with E-state index in [-0.39, 0.29) is 42.5 Å². The maximum absolute atomic E-state index is 13.0. The molecule has 1 aromatic rings. The number of benzene rings is 1. The monoisotopic (exact) mass is 396 g/mol. The molecule has 0 radical (unpaired) electrons. The summed E-state index contributed by atoms with van der Waals surface area (Å²) in [5.41, 5.74) is 0.464. The van der Waals surface area contributed by atoms with Crippen molar-refractivity contribution in [2.75, 3.05) is 31.7 Å². The van der Waals surface area contributed by atoms with Crippen molar-refractivity contribution in [3.05, 3.63) is 24.3 Å². The van der Waals surface area contributed by atoms with Gasteiger partial charge in [-0.15, -0.1) is 12.4 Å². The summed E-state index contributed by atoms with van der Waals surface area (Å²) in [5.74, 6) is -0.493. The van der Waals surface area contributed by atoms with Crippen LogP contribution in [-0.4, -0.2) is 55.5 Å². The molecular formula is C19H25ClN2O5. The zero-order valence-electron chi connectivity index (χ0n) is 15.6. The lowest BCUT2D eigenvalue weighted by molar-refractivity contribution is -0.150. The molecule has 27 heavy (non-hydrogen) atoms. The standard InChI is InChI=1S/C19H24N2O5.ClH/c1-3-26-19(24)13-7-6-10-20(12-13)15-11-17(22)21(18(15)23)14-8-4-5-9-16(14)25-2;/h4-5,8-9,13,15H,3,6-7,10-12H2,1-2H3;1H. The number of anilines is 1. The van der Waals surface area contributed by atoms with E-state index < -0.39 is 6.04 Å². The van der Waals surface area contributed by atoms with Gasteiger partial charge in [0.05, 0.1) is 37.8 Å². The van der Waals surface area contributed by atoms with Crippen molar-refractivity contribution < 1.29 is 23.9 Å². The SMILES string of the molecule is CCOC(=O)C1CCCN(C2CC(=O)N(c3ccccc3OC)C2=O)C1.Cl. The first-order valence-corrected chi connectivity index (χ1v) is 8.97. The third kappa shape index (κ3) is 4.25. The molecule has 2 atom stereocenters. The Labute approximate surface area is 165 Å². The molecule has 8 heteroatoms. The number of imide groups is 1. The minimum Gasteiger partial charge on any atom is -0.495 e. The highest BCUT2D eigenvalue weighted by molar-refractivity contribution is 6.23. The van der Waals surface area contributed by atoms with Gasteiger partial charge in [0.1, 0.15) is 5.75 Å². The van der Waals surface area contributed by atoms with Gasteiger partial charge in [-0.25, -0.2) is 4.90 Å². The molecule has 0 aromatic heterocycles. The van der Waals surface area contributed by atoms with Gasteiger partial charge in [-0.3, -0.25) is 19.3 Å². The quantitative estimate of drug-likeness (QED) is 0.560. The van der Waals surface area contributed by atoms with Crippen LogP contribution in [0, 0.1) is 5.92 Å². The van der Waals surface area contributed by atoms with E-state index in [4.69, 9.17) is 9.47 Å². The topological polar surface area (TPSA) is 76.2 Å². The van der Waals surface area contributed by atoms with E-state index in [1.54, 1.807) is 31.2 Å². The van der Waals surface area contributed by atoms with E-state index in [9.17, 15) is 14.4 Å². The Kier molecular flexibility index (Phi) is 7.21. The van der Waals surface area contributed by atoms with E-state index in [0.29, 0.717) is 31.1 Å². The summed E-state index contributed by atoms with van der Waals surface area (Å²) in [4.78, 5) is 40.7. The van der Waals surface area contributed by atoms with Crippen molar-refractivity contribution in [2.24, 2.45) is 5.92 Å². The van der Waals surface area contributed by atoms with E-state index in [1.165, 1.54) is 12.0 Å². The molecule has 3 rings (SSSR count). The van der Waals surface area contributed by atoms with Crippen LogP contribution in [0.25, 0.3) is 0 Å². The van der Waals surface area contributed by atoms with Gasteiger partial charge in [-0.2, -0.15) is 0 Å². The molecular weight excluding hydrogens is 372 g/mol. The first-order chi connectivity index (χ1) is 12.6. The van der Waals surface area contributed by atoms with Crippen LogP contribution in [0.2, 0.25) is 0 Å². The second kappa shape index (κ2) is 9.19. The van der Waals surface area contributed by atoms with Crippen molar-refractivity contribution >= 4 is 35.9 Å². The fraction of sp³-hybridized carbons (Fsp3) is 0.526. The highest BCUT2D eigenvalue weighted by Crippen LogP contribution is 2.34. The summed E-state index contributed by atoms with van der Waals surface area (Å²) in [6, 6.07) is 6.45. The molecule has 2 amide bonds. The van der Waals surface area contributed by atoms with Gasteiger partial charge in [0, 0.05) is 6.54 Å². The number of piperidine rings is 1. The number of methoxy groups -OCH3 is 1. The average molecular weight is 397 g/mol. The molecule has 2 fully saturated rings. The van der Waals surface area contributed by atoms with Crippen LogP contribution in [-0.2, 0) is 19.1 Å². The molecule has 2 aliphatic rings. The summed E-state index contributed by atoms with van der Waals surface area (Å²) in [7, 11) is 1.51. The number of carbonyl (C=O) groups is 3. The van der Waals surface area contributed by atoms with E-state index >= 15 is 0 Å².